The molecule has 2 N–H and O–H groups in total. The lowest BCUT2D eigenvalue weighted by molar-refractivity contribution is 0.0941. The second-order valence-electron chi connectivity index (χ2n) is 6.58. The number of hydrogen-bond donors (Lipinski definition) is 2. The largest absolute Gasteiger partial charge is 0.377 e. The normalized spacial score (nSPS) is 25.2. The van der Waals surface area contributed by atoms with Crippen molar-refractivity contribution in [1.29, 1.82) is 0 Å². The minimum Gasteiger partial charge on any atom is -0.377 e. The molecule has 2 saturated heterocycles. The maximum atomic E-state index is 12.3. The van der Waals surface area contributed by atoms with Gasteiger partial charge in [0, 0.05) is 24.8 Å². The topological polar surface area (TPSA) is 119 Å². The fourth-order valence-electron chi connectivity index (χ4n) is 3.05. The second kappa shape index (κ2) is 7.63. The highest BCUT2D eigenvalue weighted by Crippen LogP contribution is 2.15. The molecule has 3 rings (SSSR count). The molecule has 0 saturated carbocycles. The Morgan fingerprint density at radius 2 is 1.92 bits per heavy atom. The molecule has 2 heterocycles. The third-order valence-electron chi connectivity index (χ3n) is 4.52. The van der Waals surface area contributed by atoms with Gasteiger partial charge in [0.2, 0.25) is 10.0 Å². The summed E-state index contributed by atoms with van der Waals surface area (Å²) in [6.45, 7) is 0.874. The Labute approximate surface area is 153 Å². The van der Waals surface area contributed by atoms with Gasteiger partial charge in [0.15, 0.2) is 9.84 Å². The first-order chi connectivity index (χ1) is 12.3. The van der Waals surface area contributed by atoms with Gasteiger partial charge in [-0.1, -0.05) is 0 Å². The summed E-state index contributed by atoms with van der Waals surface area (Å²) in [4.78, 5) is 12.3. The average Bonchev–Trinajstić information content (AvgIpc) is 3.22. The number of nitrogens with one attached hydrogen (secondary N) is 2. The Balaban J connectivity index is 1.59. The molecule has 2 fully saturated rings. The Hall–Kier alpha value is -1.49. The molecule has 1 amide bonds. The smallest absolute Gasteiger partial charge is 0.251 e. The van der Waals surface area contributed by atoms with E-state index in [2.05, 4.69) is 10.0 Å². The molecule has 10 heteroatoms. The average molecular weight is 402 g/mol. The molecular weight excluding hydrogens is 380 g/mol. The van der Waals surface area contributed by atoms with Gasteiger partial charge in [-0.25, -0.2) is 21.6 Å². The molecule has 2 aliphatic rings. The minimum atomic E-state index is -3.67. The van der Waals surface area contributed by atoms with Crippen LogP contribution in [-0.4, -0.2) is 59.5 Å². The standard InChI is InChI=1S/C16H22N2O6S2/c19-16(18-13-7-9-25(20,21)11-13)12-3-5-15(6-4-12)26(22,23)17-10-14-2-1-8-24-14/h3-6,13-14,17H,1-2,7-11H2,(H,18,19)/t13-,14-/m1/s1. The highest BCUT2D eigenvalue weighted by molar-refractivity contribution is 7.91. The van der Waals surface area contributed by atoms with E-state index in [0.717, 1.165) is 12.8 Å². The molecule has 0 aliphatic carbocycles. The van der Waals surface area contributed by atoms with Crippen LogP contribution in [-0.2, 0) is 24.6 Å². The van der Waals surface area contributed by atoms with Crippen LogP contribution in [0.5, 0.6) is 0 Å². The number of amides is 1. The summed E-state index contributed by atoms with van der Waals surface area (Å²) >= 11 is 0. The summed E-state index contributed by atoms with van der Waals surface area (Å²) in [6.07, 6.45) is 2.06. The van der Waals surface area contributed by atoms with Gasteiger partial charge >= 0.3 is 0 Å². The van der Waals surface area contributed by atoms with E-state index in [4.69, 9.17) is 4.74 Å². The monoisotopic (exact) mass is 402 g/mol. The number of rotatable bonds is 6. The molecule has 144 valence electrons. The highest BCUT2D eigenvalue weighted by atomic mass is 32.2. The molecule has 0 unspecified atom stereocenters. The Kier molecular flexibility index (Phi) is 5.66. The van der Waals surface area contributed by atoms with Gasteiger partial charge in [0.1, 0.15) is 0 Å². The molecular formula is C16H22N2O6S2. The zero-order valence-electron chi connectivity index (χ0n) is 14.2. The number of sulfonamides is 1. The third kappa shape index (κ3) is 4.81. The molecule has 0 radical (unpaired) electrons. The summed E-state index contributed by atoms with van der Waals surface area (Å²) in [5.41, 5.74) is 0.285. The lowest BCUT2D eigenvalue weighted by Gasteiger charge is -2.13. The summed E-state index contributed by atoms with van der Waals surface area (Å²) in [5.74, 6) is -0.396. The molecule has 0 aromatic heterocycles. The summed E-state index contributed by atoms with van der Waals surface area (Å²) in [6, 6.07) is 5.15. The van der Waals surface area contributed by atoms with Crippen LogP contribution in [0.1, 0.15) is 29.6 Å². The third-order valence-corrected chi connectivity index (χ3v) is 7.73. The van der Waals surface area contributed by atoms with Crippen LogP contribution in [0.2, 0.25) is 0 Å². The highest BCUT2D eigenvalue weighted by Gasteiger charge is 2.29. The first-order valence-electron chi connectivity index (χ1n) is 8.48. The van der Waals surface area contributed by atoms with Crippen LogP contribution in [0.15, 0.2) is 29.2 Å². The van der Waals surface area contributed by atoms with Crippen LogP contribution < -0.4 is 10.0 Å². The Bertz CT molecular complexity index is 859. The zero-order valence-corrected chi connectivity index (χ0v) is 15.8. The second-order valence-corrected chi connectivity index (χ2v) is 10.6. The van der Waals surface area contributed by atoms with E-state index >= 15 is 0 Å². The van der Waals surface area contributed by atoms with Crippen LogP contribution in [0.25, 0.3) is 0 Å². The number of carbonyl (C=O) groups is 1. The van der Waals surface area contributed by atoms with Gasteiger partial charge in [-0.05, 0) is 43.5 Å². The van der Waals surface area contributed by atoms with Gasteiger partial charge in [0.25, 0.3) is 5.91 Å². The predicted molar refractivity (Wildman–Crippen MR) is 95.1 cm³/mol. The molecule has 1 aromatic rings. The van der Waals surface area contributed by atoms with Gasteiger partial charge in [-0.2, -0.15) is 0 Å². The molecule has 2 atom stereocenters. The molecule has 8 nitrogen and oxygen atoms in total. The van der Waals surface area contributed by atoms with Crippen molar-refractivity contribution in [2.75, 3.05) is 24.7 Å². The minimum absolute atomic E-state index is 0.0572. The summed E-state index contributed by atoms with van der Waals surface area (Å²) in [7, 11) is -6.74. The lowest BCUT2D eigenvalue weighted by Crippen LogP contribution is -2.35. The summed E-state index contributed by atoms with van der Waals surface area (Å²) in [5, 5.41) is 2.67. The maximum absolute atomic E-state index is 12.3. The molecule has 0 spiro atoms. The number of benzene rings is 1. The molecule has 0 bridgehead atoms. The van der Waals surface area contributed by atoms with Crippen LogP contribution in [0.3, 0.4) is 0 Å². The van der Waals surface area contributed by atoms with E-state index in [1.54, 1.807) is 0 Å². The van der Waals surface area contributed by atoms with Crippen molar-refractivity contribution in [3.8, 4) is 0 Å². The quantitative estimate of drug-likeness (QED) is 0.695. The van der Waals surface area contributed by atoms with Crippen molar-refractivity contribution in [3.63, 3.8) is 0 Å². The van der Waals surface area contributed by atoms with Crippen LogP contribution >= 0.6 is 0 Å². The number of ether oxygens (including phenoxy) is 1. The van der Waals surface area contributed by atoms with Gasteiger partial charge in [-0.3, -0.25) is 4.79 Å². The number of hydrogen-bond acceptors (Lipinski definition) is 6. The van der Waals surface area contributed by atoms with E-state index in [-0.39, 0.29) is 34.6 Å². The van der Waals surface area contributed by atoms with Gasteiger partial charge in [-0.15, -0.1) is 0 Å². The molecule has 26 heavy (non-hydrogen) atoms. The van der Waals surface area contributed by atoms with E-state index < -0.39 is 31.8 Å². The zero-order chi connectivity index (χ0) is 18.8. The van der Waals surface area contributed by atoms with Crippen LogP contribution in [0.4, 0.5) is 0 Å². The predicted octanol–water partition coefficient (Wildman–Crippen LogP) is 0.0608. The fourth-order valence-corrected chi connectivity index (χ4v) is 5.79. The Morgan fingerprint density at radius 1 is 1.19 bits per heavy atom. The fraction of sp³-hybridized carbons (Fsp3) is 0.562. The van der Waals surface area contributed by atoms with Crippen molar-refractivity contribution in [1.82, 2.24) is 10.0 Å². The lowest BCUT2D eigenvalue weighted by atomic mass is 10.2. The van der Waals surface area contributed by atoms with Crippen molar-refractivity contribution < 1.29 is 26.4 Å². The molecule has 1 aromatic carbocycles. The van der Waals surface area contributed by atoms with Gasteiger partial charge in [0.05, 0.1) is 22.5 Å². The SMILES string of the molecule is O=C(N[C@@H]1CCS(=O)(=O)C1)c1ccc(S(=O)(=O)NC[C@H]2CCCO2)cc1. The van der Waals surface area contributed by atoms with Crippen LogP contribution in [0, 0.1) is 0 Å². The summed E-state index contributed by atoms with van der Waals surface area (Å²) < 4.78 is 55.4. The van der Waals surface area contributed by atoms with Crippen molar-refractivity contribution in [2.24, 2.45) is 0 Å². The maximum Gasteiger partial charge on any atom is 0.251 e. The van der Waals surface area contributed by atoms with Crippen molar-refractivity contribution in [2.45, 2.75) is 36.3 Å². The first kappa shape index (κ1) is 19.3. The van der Waals surface area contributed by atoms with Gasteiger partial charge < -0.3 is 10.1 Å². The molecule has 2 aliphatic heterocycles. The number of carbonyl (C=O) groups excluding carboxylic acids is 1. The van der Waals surface area contributed by atoms with E-state index in [1.165, 1.54) is 24.3 Å². The van der Waals surface area contributed by atoms with Crippen molar-refractivity contribution >= 4 is 25.8 Å². The Morgan fingerprint density at radius 3 is 2.50 bits per heavy atom. The first-order valence-corrected chi connectivity index (χ1v) is 11.8. The van der Waals surface area contributed by atoms with E-state index in [9.17, 15) is 21.6 Å². The van der Waals surface area contributed by atoms with E-state index in [0.29, 0.717) is 13.0 Å². The number of sulfone groups is 1. The van der Waals surface area contributed by atoms with E-state index in [1.807, 2.05) is 0 Å². The van der Waals surface area contributed by atoms with Crippen molar-refractivity contribution in [3.05, 3.63) is 29.8 Å².